The fraction of sp³-hybridized carbons (Fsp3) is 0.250. The molecule has 8 heteroatoms. The summed E-state index contributed by atoms with van der Waals surface area (Å²) in [7, 11) is 0. The Kier molecular flexibility index (Phi) is 6.49. The second-order valence-electron chi connectivity index (χ2n) is 6.35. The summed E-state index contributed by atoms with van der Waals surface area (Å²) in [6, 6.07) is 9.40. The van der Waals surface area contributed by atoms with E-state index in [0.717, 1.165) is 11.1 Å². The highest BCUT2D eigenvalue weighted by Crippen LogP contribution is 2.27. The molecule has 0 atom stereocenters. The van der Waals surface area contributed by atoms with E-state index in [-0.39, 0.29) is 11.8 Å². The average Bonchev–Trinajstić information content (AvgIpc) is 3.30. The van der Waals surface area contributed by atoms with Gasteiger partial charge in [-0.25, -0.2) is 4.98 Å². The molecular weight excluding hydrogens is 398 g/mol. The van der Waals surface area contributed by atoms with Crippen LogP contribution in [0.5, 0.6) is 0 Å². The van der Waals surface area contributed by atoms with Gasteiger partial charge >= 0.3 is 0 Å². The van der Waals surface area contributed by atoms with Crippen molar-refractivity contribution in [1.29, 1.82) is 0 Å². The summed E-state index contributed by atoms with van der Waals surface area (Å²) in [6.07, 6.45) is 0.949. The number of amides is 2. The molecule has 3 rings (SSSR count). The maximum absolute atomic E-state index is 12.2. The Labute approximate surface area is 171 Å². The molecule has 3 aromatic rings. The van der Waals surface area contributed by atoms with Gasteiger partial charge in [0, 0.05) is 23.7 Å². The zero-order valence-electron chi connectivity index (χ0n) is 15.5. The molecule has 0 spiro atoms. The molecule has 6 nitrogen and oxygen atoms in total. The molecule has 0 saturated heterocycles. The number of anilines is 1. The van der Waals surface area contributed by atoms with Crippen molar-refractivity contribution in [3.8, 4) is 11.5 Å². The monoisotopic (exact) mass is 417 g/mol. The molecule has 2 N–H and O–H groups in total. The van der Waals surface area contributed by atoms with E-state index in [0.29, 0.717) is 46.8 Å². The predicted octanol–water partition coefficient (Wildman–Crippen LogP) is 4.57. The number of benzene rings is 1. The van der Waals surface area contributed by atoms with E-state index < -0.39 is 0 Å². The maximum atomic E-state index is 12.2. The third kappa shape index (κ3) is 5.43. The minimum absolute atomic E-state index is 0.108. The topological polar surface area (TPSA) is 84.2 Å². The molecule has 1 aromatic carbocycles. The zero-order chi connectivity index (χ0) is 20.1. The highest BCUT2D eigenvalue weighted by atomic mass is 35.5. The van der Waals surface area contributed by atoms with Crippen LogP contribution in [-0.4, -0.2) is 16.8 Å². The van der Waals surface area contributed by atoms with Crippen molar-refractivity contribution in [3.05, 3.63) is 57.6 Å². The molecule has 0 saturated carbocycles. The van der Waals surface area contributed by atoms with Gasteiger partial charge in [-0.3, -0.25) is 9.59 Å². The maximum Gasteiger partial charge on any atom is 0.226 e. The molecule has 2 heterocycles. The molecule has 146 valence electrons. The van der Waals surface area contributed by atoms with Crippen LogP contribution >= 0.6 is 22.9 Å². The normalized spacial score (nSPS) is 10.7. The summed E-state index contributed by atoms with van der Waals surface area (Å²) in [6.45, 7) is 3.72. The van der Waals surface area contributed by atoms with E-state index in [9.17, 15) is 9.59 Å². The summed E-state index contributed by atoms with van der Waals surface area (Å²) in [4.78, 5) is 27.6. The van der Waals surface area contributed by atoms with Crippen molar-refractivity contribution in [3.63, 3.8) is 0 Å². The van der Waals surface area contributed by atoms with Crippen molar-refractivity contribution < 1.29 is 14.0 Å². The molecule has 28 heavy (non-hydrogen) atoms. The summed E-state index contributed by atoms with van der Waals surface area (Å²) in [5, 5.41) is 8.53. The van der Waals surface area contributed by atoms with Crippen LogP contribution < -0.4 is 10.6 Å². The summed E-state index contributed by atoms with van der Waals surface area (Å²) >= 11 is 7.45. The Hall–Kier alpha value is -2.64. The van der Waals surface area contributed by atoms with E-state index in [1.807, 2.05) is 30.5 Å². The van der Waals surface area contributed by atoms with Gasteiger partial charge in [0.2, 0.25) is 11.8 Å². The number of nitrogens with one attached hydrogen (secondary N) is 2. The smallest absolute Gasteiger partial charge is 0.226 e. The van der Waals surface area contributed by atoms with E-state index >= 15 is 0 Å². The summed E-state index contributed by atoms with van der Waals surface area (Å²) < 4.78 is 5.67. The first kappa shape index (κ1) is 20.1. The zero-order valence-corrected chi connectivity index (χ0v) is 17.1. The first-order valence-electron chi connectivity index (χ1n) is 8.74. The predicted molar refractivity (Wildman–Crippen MR) is 110 cm³/mol. The van der Waals surface area contributed by atoms with Gasteiger partial charge in [-0.15, -0.1) is 11.3 Å². The van der Waals surface area contributed by atoms with Crippen LogP contribution in [0.3, 0.4) is 0 Å². The Balaban J connectivity index is 1.54. The second-order valence-corrected chi connectivity index (χ2v) is 7.61. The number of carbonyl (C=O) groups excluding carboxylic acids is 2. The lowest BCUT2D eigenvalue weighted by Gasteiger charge is -2.04. The molecule has 0 fully saturated rings. The minimum atomic E-state index is -0.121. The van der Waals surface area contributed by atoms with Crippen LogP contribution in [-0.2, 0) is 22.6 Å². The first-order valence-corrected chi connectivity index (χ1v) is 10.0. The van der Waals surface area contributed by atoms with Crippen LogP contribution in [0.25, 0.3) is 11.5 Å². The molecule has 0 unspecified atom stereocenters. The number of carbonyl (C=O) groups is 2. The van der Waals surface area contributed by atoms with Crippen molar-refractivity contribution >= 4 is 39.9 Å². The van der Waals surface area contributed by atoms with Gasteiger partial charge in [0.15, 0.2) is 10.9 Å². The number of hydrogen-bond acceptors (Lipinski definition) is 5. The van der Waals surface area contributed by atoms with Crippen LogP contribution in [0.4, 0.5) is 5.13 Å². The standard InChI is InChI=1S/C20H20ClN3O3S/c1-12-3-4-14(9-16(12)21)5-8-19(26)24-20-23-17(11-28-20)18-7-6-15(27-18)10-22-13(2)25/h3-4,6-7,9,11H,5,8,10H2,1-2H3,(H,22,25)(H,23,24,26). The van der Waals surface area contributed by atoms with E-state index in [1.165, 1.54) is 18.3 Å². The SMILES string of the molecule is CC(=O)NCc1ccc(-c2csc(NC(=O)CCc3ccc(C)c(Cl)c3)n2)o1. The number of nitrogens with zero attached hydrogens (tertiary/aromatic N) is 1. The van der Waals surface area contributed by atoms with Gasteiger partial charge in [-0.05, 0) is 42.7 Å². The fourth-order valence-corrected chi connectivity index (χ4v) is 3.42. The van der Waals surface area contributed by atoms with Crippen molar-refractivity contribution in [2.24, 2.45) is 0 Å². The fourth-order valence-electron chi connectivity index (χ4n) is 2.50. The van der Waals surface area contributed by atoms with E-state index in [4.69, 9.17) is 16.0 Å². The van der Waals surface area contributed by atoms with Crippen molar-refractivity contribution in [2.45, 2.75) is 33.2 Å². The van der Waals surface area contributed by atoms with E-state index in [2.05, 4.69) is 15.6 Å². The number of aryl methyl sites for hydroxylation is 2. The average molecular weight is 418 g/mol. The molecule has 0 bridgehead atoms. The van der Waals surface area contributed by atoms with Crippen LogP contribution in [0.2, 0.25) is 5.02 Å². The second kappa shape index (κ2) is 9.03. The van der Waals surface area contributed by atoms with Gasteiger partial charge in [-0.2, -0.15) is 0 Å². The Bertz CT molecular complexity index is 996. The highest BCUT2D eigenvalue weighted by molar-refractivity contribution is 7.14. The quantitative estimate of drug-likeness (QED) is 0.589. The van der Waals surface area contributed by atoms with Gasteiger partial charge in [0.25, 0.3) is 0 Å². The van der Waals surface area contributed by atoms with Crippen LogP contribution in [0.15, 0.2) is 40.1 Å². The molecule has 0 aliphatic rings. The molecule has 2 amide bonds. The molecule has 2 aromatic heterocycles. The van der Waals surface area contributed by atoms with Crippen LogP contribution in [0.1, 0.15) is 30.2 Å². The number of halogens is 1. The molecule has 0 aliphatic heterocycles. The Morgan fingerprint density at radius 1 is 1.25 bits per heavy atom. The number of hydrogen-bond donors (Lipinski definition) is 2. The molecular formula is C20H20ClN3O3S. The lowest BCUT2D eigenvalue weighted by molar-refractivity contribution is -0.119. The Morgan fingerprint density at radius 3 is 2.82 bits per heavy atom. The lowest BCUT2D eigenvalue weighted by atomic mass is 10.1. The molecule has 0 radical (unpaired) electrons. The first-order chi connectivity index (χ1) is 13.4. The number of furan rings is 1. The third-order valence-corrected chi connectivity index (χ3v) is 5.22. The van der Waals surface area contributed by atoms with Gasteiger partial charge < -0.3 is 15.1 Å². The largest absolute Gasteiger partial charge is 0.458 e. The van der Waals surface area contributed by atoms with Crippen molar-refractivity contribution in [1.82, 2.24) is 10.3 Å². The van der Waals surface area contributed by atoms with Gasteiger partial charge in [-0.1, -0.05) is 23.7 Å². The number of aromatic nitrogens is 1. The van der Waals surface area contributed by atoms with Crippen molar-refractivity contribution in [2.75, 3.05) is 5.32 Å². The van der Waals surface area contributed by atoms with Gasteiger partial charge in [0.1, 0.15) is 11.5 Å². The summed E-state index contributed by atoms with van der Waals surface area (Å²) in [5.41, 5.74) is 2.68. The van der Waals surface area contributed by atoms with E-state index in [1.54, 1.807) is 12.1 Å². The van der Waals surface area contributed by atoms with Crippen LogP contribution in [0, 0.1) is 6.92 Å². The minimum Gasteiger partial charge on any atom is -0.458 e. The summed E-state index contributed by atoms with van der Waals surface area (Å²) in [5.74, 6) is 1.000. The third-order valence-electron chi connectivity index (χ3n) is 4.05. The highest BCUT2D eigenvalue weighted by Gasteiger charge is 2.12. The number of rotatable bonds is 7. The van der Waals surface area contributed by atoms with Gasteiger partial charge in [0.05, 0.1) is 6.54 Å². The lowest BCUT2D eigenvalue weighted by Crippen LogP contribution is -2.18. The Morgan fingerprint density at radius 2 is 2.07 bits per heavy atom. The molecule has 0 aliphatic carbocycles. The number of thiazole rings is 1.